The number of methoxy groups -OCH3 is 1. The number of hydrogen-bond acceptors (Lipinski definition) is 5. The third kappa shape index (κ3) is 5.88. The Labute approximate surface area is 120 Å². The molecule has 1 unspecified atom stereocenters. The highest BCUT2D eigenvalue weighted by Crippen LogP contribution is 2.17. The molecule has 0 bridgehead atoms. The molecule has 0 aromatic rings. The van der Waals surface area contributed by atoms with Gasteiger partial charge in [-0.05, 0) is 33.2 Å². The molecule has 0 radical (unpaired) electrons. The quantitative estimate of drug-likeness (QED) is 0.687. The van der Waals surface area contributed by atoms with Gasteiger partial charge in [-0.25, -0.2) is 0 Å². The Bertz CT molecular complexity index is 322. The van der Waals surface area contributed by atoms with Crippen LogP contribution in [-0.4, -0.2) is 62.8 Å². The summed E-state index contributed by atoms with van der Waals surface area (Å²) < 4.78 is 10.0. The van der Waals surface area contributed by atoms with Crippen molar-refractivity contribution in [3.05, 3.63) is 0 Å². The van der Waals surface area contributed by atoms with E-state index in [1.165, 1.54) is 0 Å². The molecule has 1 aliphatic rings. The molecule has 116 valence electrons. The maximum atomic E-state index is 11.9. The fourth-order valence-electron chi connectivity index (χ4n) is 2.47. The van der Waals surface area contributed by atoms with E-state index >= 15 is 0 Å². The van der Waals surface area contributed by atoms with Crippen LogP contribution in [0.15, 0.2) is 0 Å². The number of nitrogens with zero attached hydrogens (tertiary/aromatic N) is 1. The van der Waals surface area contributed by atoms with Crippen molar-refractivity contribution in [1.29, 1.82) is 0 Å². The normalized spacial score (nSPS) is 21.2. The lowest BCUT2D eigenvalue weighted by atomic mass is 9.98. The predicted octanol–water partition coefficient (Wildman–Crippen LogP) is 0.413. The minimum absolute atomic E-state index is 0.00172. The van der Waals surface area contributed by atoms with Crippen molar-refractivity contribution < 1.29 is 19.1 Å². The Morgan fingerprint density at radius 1 is 1.45 bits per heavy atom. The third-order valence-corrected chi connectivity index (χ3v) is 3.32. The summed E-state index contributed by atoms with van der Waals surface area (Å²) in [7, 11) is 1.61. The molecule has 1 N–H and O–H groups in total. The molecule has 0 spiro atoms. The van der Waals surface area contributed by atoms with Gasteiger partial charge in [0, 0.05) is 19.7 Å². The van der Waals surface area contributed by atoms with Crippen LogP contribution < -0.4 is 5.32 Å². The number of piperidine rings is 1. The number of hydrogen-bond donors (Lipinski definition) is 1. The first kappa shape index (κ1) is 16.9. The molecule has 0 saturated carbocycles. The van der Waals surface area contributed by atoms with Gasteiger partial charge in [0.2, 0.25) is 5.91 Å². The first-order chi connectivity index (χ1) is 9.56. The van der Waals surface area contributed by atoms with Crippen LogP contribution in [0.4, 0.5) is 0 Å². The summed E-state index contributed by atoms with van der Waals surface area (Å²) in [5.41, 5.74) is 0. The monoisotopic (exact) mass is 286 g/mol. The largest absolute Gasteiger partial charge is 0.466 e. The van der Waals surface area contributed by atoms with Crippen molar-refractivity contribution in [2.45, 2.75) is 32.7 Å². The van der Waals surface area contributed by atoms with Gasteiger partial charge in [0.1, 0.15) is 0 Å². The fourth-order valence-corrected chi connectivity index (χ4v) is 2.47. The zero-order valence-electron chi connectivity index (χ0n) is 12.7. The summed E-state index contributed by atoms with van der Waals surface area (Å²) in [6.45, 7) is 6.39. The lowest BCUT2D eigenvalue weighted by Gasteiger charge is -2.31. The number of nitrogens with one attached hydrogen (secondary N) is 1. The van der Waals surface area contributed by atoms with E-state index in [2.05, 4.69) is 5.32 Å². The maximum Gasteiger partial charge on any atom is 0.310 e. The van der Waals surface area contributed by atoms with Crippen LogP contribution in [0.25, 0.3) is 0 Å². The number of carbonyl (C=O) groups excluding carboxylic acids is 2. The molecular formula is C14H26N2O4. The zero-order valence-corrected chi connectivity index (χ0v) is 12.7. The SMILES string of the molecule is CCOC(=O)[C@H]1CCCN(CC(=O)NC(C)COC)C1. The van der Waals surface area contributed by atoms with Gasteiger partial charge >= 0.3 is 5.97 Å². The van der Waals surface area contributed by atoms with E-state index in [4.69, 9.17) is 9.47 Å². The van der Waals surface area contributed by atoms with E-state index in [9.17, 15) is 9.59 Å². The van der Waals surface area contributed by atoms with E-state index in [0.717, 1.165) is 19.4 Å². The number of esters is 1. The van der Waals surface area contributed by atoms with Gasteiger partial charge in [0.05, 0.1) is 25.7 Å². The standard InChI is InChI=1S/C14H26N2O4/c1-4-20-14(18)12-6-5-7-16(8-12)9-13(17)15-11(2)10-19-3/h11-12H,4-10H2,1-3H3,(H,15,17)/t11?,12-/m0/s1. The second-order valence-corrected chi connectivity index (χ2v) is 5.25. The van der Waals surface area contributed by atoms with E-state index in [1.807, 2.05) is 18.7 Å². The summed E-state index contributed by atoms with van der Waals surface area (Å²) in [6.07, 6.45) is 1.77. The molecule has 6 heteroatoms. The minimum Gasteiger partial charge on any atom is -0.466 e. The van der Waals surface area contributed by atoms with Crippen LogP contribution in [-0.2, 0) is 19.1 Å². The van der Waals surface area contributed by atoms with Crippen molar-refractivity contribution >= 4 is 11.9 Å². The van der Waals surface area contributed by atoms with E-state index in [0.29, 0.717) is 26.3 Å². The molecule has 0 aliphatic carbocycles. The van der Waals surface area contributed by atoms with Gasteiger partial charge in [-0.3, -0.25) is 14.5 Å². The van der Waals surface area contributed by atoms with Crippen molar-refractivity contribution in [3.8, 4) is 0 Å². The Balaban J connectivity index is 2.36. The second kappa shape index (κ2) is 8.92. The Morgan fingerprint density at radius 3 is 2.85 bits per heavy atom. The van der Waals surface area contributed by atoms with E-state index in [-0.39, 0.29) is 23.8 Å². The Hall–Kier alpha value is -1.14. The minimum atomic E-state index is -0.148. The number of amides is 1. The van der Waals surface area contributed by atoms with Crippen molar-refractivity contribution in [2.75, 3.05) is 40.0 Å². The molecule has 1 rings (SSSR count). The molecule has 20 heavy (non-hydrogen) atoms. The Morgan fingerprint density at radius 2 is 2.20 bits per heavy atom. The van der Waals surface area contributed by atoms with Gasteiger partial charge < -0.3 is 14.8 Å². The summed E-state index contributed by atoms with van der Waals surface area (Å²) in [5.74, 6) is -0.280. The van der Waals surface area contributed by atoms with Crippen LogP contribution in [0, 0.1) is 5.92 Å². The Kier molecular flexibility index (Phi) is 7.54. The molecule has 0 aromatic heterocycles. The lowest BCUT2D eigenvalue weighted by molar-refractivity contribution is -0.150. The number of ether oxygens (including phenoxy) is 2. The highest BCUT2D eigenvalue weighted by Gasteiger charge is 2.27. The first-order valence-corrected chi connectivity index (χ1v) is 7.24. The van der Waals surface area contributed by atoms with Crippen LogP contribution in [0.5, 0.6) is 0 Å². The lowest BCUT2D eigenvalue weighted by Crippen LogP contribution is -2.46. The van der Waals surface area contributed by atoms with Gasteiger partial charge in [-0.1, -0.05) is 0 Å². The van der Waals surface area contributed by atoms with Crippen molar-refractivity contribution in [1.82, 2.24) is 10.2 Å². The molecule has 6 nitrogen and oxygen atoms in total. The van der Waals surface area contributed by atoms with Crippen molar-refractivity contribution in [3.63, 3.8) is 0 Å². The first-order valence-electron chi connectivity index (χ1n) is 7.24. The van der Waals surface area contributed by atoms with Crippen LogP contribution in [0.1, 0.15) is 26.7 Å². The van der Waals surface area contributed by atoms with E-state index in [1.54, 1.807) is 7.11 Å². The average Bonchev–Trinajstić information content (AvgIpc) is 2.39. The van der Waals surface area contributed by atoms with Gasteiger partial charge in [-0.15, -0.1) is 0 Å². The van der Waals surface area contributed by atoms with Crippen LogP contribution in [0.3, 0.4) is 0 Å². The number of carbonyl (C=O) groups is 2. The smallest absolute Gasteiger partial charge is 0.310 e. The van der Waals surface area contributed by atoms with Gasteiger partial charge in [-0.2, -0.15) is 0 Å². The van der Waals surface area contributed by atoms with Gasteiger partial charge in [0.15, 0.2) is 0 Å². The summed E-state index contributed by atoms with van der Waals surface area (Å²) in [4.78, 5) is 25.6. The second-order valence-electron chi connectivity index (χ2n) is 5.25. The summed E-state index contributed by atoms with van der Waals surface area (Å²) in [6, 6.07) is -0.00172. The highest BCUT2D eigenvalue weighted by atomic mass is 16.5. The zero-order chi connectivity index (χ0) is 15.0. The molecule has 1 fully saturated rings. The topological polar surface area (TPSA) is 67.9 Å². The summed E-state index contributed by atoms with van der Waals surface area (Å²) >= 11 is 0. The highest BCUT2D eigenvalue weighted by molar-refractivity contribution is 5.78. The molecule has 1 heterocycles. The van der Waals surface area contributed by atoms with Gasteiger partial charge in [0.25, 0.3) is 0 Å². The van der Waals surface area contributed by atoms with E-state index < -0.39 is 0 Å². The molecule has 0 aromatic carbocycles. The number of rotatable bonds is 7. The molecule has 1 aliphatic heterocycles. The van der Waals surface area contributed by atoms with Crippen LogP contribution >= 0.6 is 0 Å². The predicted molar refractivity (Wildman–Crippen MR) is 75.3 cm³/mol. The van der Waals surface area contributed by atoms with Crippen molar-refractivity contribution in [2.24, 2.45) is 5.92 Å². The molecular weight excluding hydrogens is 260 g/mol. The fraction of sp³-hybridized carbons (Fsp3) is 0.857. The maximum absolute atomic E-state index is 11.9. The molecule has 1 amide bonds. The molecule has 1 saturated heterocycles. The third-order valence-electron chi connectivity index (χ3n) is 3.32. The average molecular weight is 286 g/mol. The summed E-state index contributed by atoms with van der Waals surface area (Å²) in [5, 5.41) is 2.88. The van der Waals surface area contributed by atoms with Crippen LogP contribution in [0.2, 0.25) is 0 Å². The molecule has 2 atom stereocenters. The number of likely N-dealkylation sites (tertiary alicyclic amines) is 1.